The SMILES string of the molecule is Cc1cc(NCC2CCNC2)ccn1. The number of pyridine rings is 1. The molecule has 2 rings (SSSR count). The summed E-state index contributed by atoms with van der Waals surface area (Å²) in [4.78, 5) is 4.17. The van der Waals surface area contributed by atoms with E-state index in [1.165, 1.54) is 18.7 Å². The van der Waals surface area contributed by atoms with Gasteiger partial charge < -0.3 is 10.6 Å². The monoisotopic (exact) mass is 191 g/mol. The van der Waals surface area contributed by atoms with E-state index in [9.17, 15) is 0 Å². The van der Waals surface area contributed by atoms with Crippen molar-refractivity contribution in [3.63, 3.8) is 0 Å². The molecule has 1 aliphatic rings. The number of anilines is 1. The van der Waals surface area contributed by atoms with Crippen LogP contribution >= 0.6 is 0 Å². The third-order valence-electron chi connectivity index (χ3n) is 2.65. The van der Waals surface area contributed by atoms with Crippen molar-refractivity contribution >= 4 is 5.69 Å². The Morgan fingerprint density at radius 2 is 2.57 bits per heavy atom. The smallest absolute Gasteiger partial charge is 0.0393 e. The molecule has 2 heterocycles. The molecule has 1 aliphatic heterocycles. The summed E-state index contributed by atoms with van der Waals surface area (Å²) in [5.74, 6) is 0.781. The van der Waals surface area contributed by atoms with Gasteiger partial charge in [0.1, 0.15) is 0 Å². The molecule has 14 heavy (non-hydrogen) atoms. The molecule has 0 bridgehead atoms. The summed E-state index contributed by atoms with van der Waals surface area (Å²) in [6, 6.07) is 4.11. The summed E-state index contributed by atoms with van der Waals surface area (Å²) < 4.78 is 0. The molecule has 0 aliphatic carbocycles. The average molecular weight is 191 g/mol. The lowest BCUT2D eigenvalue weighted by molar-refractivity contribution is 0.615. The van der Waals surface area contributed by atoms with E-state index in [-0.39, 0.29) is 0 Å². The second-order valence-electron chi connectivity index (χ2n) is 3.93. The van der Waals surface area contributed by atoms with Crippen molar-refractivity contribution in [1.29, 1.82) is 0 Å². The Kier molecular flexibility index (Phi) is 2.99. The van der Waals surface area contributed by atoms with Crippen LogP contribution in [0.1, 0.15) is 12.1 Å². The van der Waals surface area contributed by atoms with Gasteiger partial charge in [-0.15, -0.1) is 0 Å². The zero-order valence-electron chi connectivity index (χ0n) is 8.59. The van der Waals surface area contributed by atoms with E-state index in [1.807, 2.05) is 19.2 Å². The predicted octanol–water partition coefficient (Wildman–Crippen LogP) is 1.41. The van der Waals surface area contributed by atoms with Crippen molar-refractivity contribution in [3.8, 4) is 0 Å². The zero-order chi connectivity index (χ0) is 9.80. The molecule has 76 valence electrons. The van der Waals surface area contributed by atoms with Gasteiger partial charge in [-0.1, -0.05) is 0 Å². The summed E-state index contributed by atoms with van der Waals surface area (Å²) in [6.45, 7) is 5.40. The van der Waals surface area contributed by atoms with Crippen molar-refractivity contribution in [1.82, 2.24) is 10.3 Å². The first-order valence-corrected chi connectivity index (χ1v) is 5.22. The van der Waals surface area contributed by atoms with Crippen molar-refractivity contribution in [2.75, 3.05) is 25.0 Å². The van der Waals surface area contributed by atoms with Gasteiger partial charge in [0.15, 0.2) is 0 Å². The fraction of sp³-hybridized carbons (Fsp3) is 0.545. The Morgan fingerprint density at radius 3 is 3.29 bits per heavy atom. The summed E-state index contributed by atoms with van der Waals surface area (Å²) in [6.07, 6.45) is 3.14. The van der Waals surface area contributed by atoms with Gasteiger partial charge in [0.25, 0.3) is 0 Å². The lowest BCUT2D eigenvalue weighted by Gasteiger charge is -2.11. The number of nitrogens with zero attached hydrogens (tertiary/aromatic N) is 1. The van der Waals surface area contributed by atoms with Gasteiger partial charge in [0, 0.05) is 24.1 Å². The number of aromatic nitrogens is 1. The standard InChI is InChI=1S/C11H17N3/c1-9-6-11(3-5-13-9)14-8-10-2-4-12-7-10/h3,5-6,10,12H,2,4,7-8H2,1H3,(H,13,14). The molecule has 0 aromatic carbocycles. The maximum atomic E-state index is 4.17. The molecular formula is C11H17N3. The number of aryl methyl sites for hydroxylation is 1. The van der Waals surface area contributed by atoms with E-state index in [0.717, 1.165) is 24.7 Å². The molecule has 1 aromatic heterocycles. The minimum atomic E-state index is 0.781. The molecule has 2 N–H and O–H groups in total. The van der Waals surface area contributed by atoms with E-state index >= 15 is 0 Å². The van der Waals surface area contributed by atoms with Gasteiger partial charge in [-0.25, -0.2) is 0 Å². The zero-order valence-corrected chi connectivity index (χ0v) is 8.59. The van der Waals surface area contributed by atoms with Crippen LogP contribution in [-0.2, 0) is 0 Å². The van der Waals surface area contributed by atoms with Gasteiger partial charge in [-0.05, 0) is 44.5 Å². The van der Waals surface area contributed by atoms with Gasteiger partial charge >= 0.3 is 0 Å². The lowest BCUT2D eigenvalue weighted by Crippen LogP contribution is -2.17. The van der Waals surface area contributed by atoms with E-state index in [4.69, 9.17) is 0 Å². The van der Waals surface area contributed by atoms with Gasteiger partial charge in [0.2, 0.25) is 0 Å². The Morgan fingerprint density at radius 1 is 1.64 bits per heavy atom. The fourth-order valence-corrected chi connectivity index (χ4v) is 1.81. The van der Waals surface area contributed by atoms with Crippen molar-refractivity contribution in [2.45, 2.75) is 13.3 Å². The molecule has 0 saturated carbocycles. The van der Waals surface area contributed by atoms with Crippen LogP contribution in [0.25, 0.3) is 0 Å². The summed E-state index contributed by atoms with van der Waals surface area (Å²) in [5.41, 5.74) is 2.25. The van der Waals surface area contributed by atoms with Crippen LogP contribution < -0.4 is 10.6 Å². The molecule has 3 heteroatoms. The maximum absolute atomic E-state index is 4.17. The van der Waals surface area contributed by atoms with Crippen LogP contribution in [0.15, 0.2) is 18.3 Å². The molecule has 1 fully saturated rings. The molecule has 1 aromatic rings. The number of nitrogens with one attached hydrogen (secondary N) is 2. The first-order chi connectivity index (χ1) is 6.84. The highest BCUT2D eigenvalue weighted by Crippen LogP contribution is 2.11. The Balaban J connectivity index is 1.85. The van der Waals surface area contributed by atoms with Gasteiger partial charge in [-0.3, -0.25) is 4.98 Å². The number of hydrogen-bond acceptors (Lipinski definition) is 3. The minimum absolute atomic E-state index is 0.781. The van der Waals surface area contributed by atoms with Crippen molar-refractivity contribution in [2.24, 2.45) is 5.92 Å². The van der Waals surface area contributed by atoms with E-state index in [2.05, 4.69) is 21.7 Å². The highest BCUT2D eigenvalue weighted by molar-refractivity contribution is 5.42. The van der Waals surface area contributed by atoms with E-state index < -0.39 is 0 Å². The Hall–Kier alpha value is -1.09. The topological polar surface area (TPSA) is 37.0 Å². The molecule has 1 unspecified atom stereocenters. The Labute approximate surface area is 84.9 Å². The quantitative estimate of drug-likeness (QED) is 0.758. The average Bonchev–Trinajstić information content (AvgIpc) is 2.67. The summed E-state index contributed by atoms with van der Waals surface area (Å²) in [7, 11) is 0. The highest BCUT2D eigenvalue weighted by Gasteiger charge is 2.13. The second kappa shape index (κ2) is 4.42. The van der Waals surface area contributed by atoms with Crippen LogP contribution in [0.2, 0.25) is 0 Å². The van der Waals surface area contributed by atoms with Crippen molar-refractivity contribution < 1.29 is 0 Å². The number of rotatable bonds is 3. The molecular weight excluding hydrogens is 174 g/mol. The number of hydrogen-bond donors (Lipinski definition) is 2. The van der Waals surface area contributed by atoms with E-state index in [0.29, 0.717) is 0 Å². The Bertz CT molecular complexity index is 292. The van der Waals surface area contributed by atoms with E-state index in [1.54, 1.807) is 0 Å². The predicted molar refractivity (Wildman–Crippen MR) is 58.4 cm³/mol. The van der Waals surface area contributed by atoms with Crippen LogP contribution in [0.3, 0.4) is 0 Å². The second-order valence-corrected chi connectivity index (χ2v) is 3.93. The summed E-state index contributed by atoms with van der Waals surface area (Å²) in [5, 5.41) is 6.82. The molecule has 0 radical (unpaired) electrons. The largest absolute Gasteiger partial charge is 0.385 e. The summed E-state index contributed by atoms with van der Waals surface area (Å²) >= 11 is 0. The molecule has 0 spiro atoms. The fourth-order valence-electron chi connectivity index (χ4n) is 1.81. The highest BCUT2D eigenvalue weighted by atomic mass is 14.9. The van der Waals surface area contributed by atoms with Crippen LogP contribution in [0.5, 0.6) is 0 Å². The lowest BCUT2D eigenvalue weighted by atomic mass is 10.1. The molecule has 1 saturated heterocycles. The van der Waals surface area contributed by atoms with Crippen LogP contribution in [0.4, 0.5) is 5.69 Å². The van der Waals surface area contributed by atoms with Gasteiger partial charge in [-0.2, -0.15) is 0 Å². The molecule has 3 nitrogen and oxygen atoms in total. The third-order valence-corrected chi connectivity index (χ3v) is 2.65. The minimum Gasteiger partial charge on any atom is -0.385 e. The van der Waals surface area contributed by atoms with Crippen LogP contribution in [0, 0.1) is 12.8 Å². The normalized spacial score (nSPS) is 21.1. The third kappa shape index (κ3) is 2.45. The van der Waals surface area contributed by atoms with Gasteiger partial charge in [0.05, 0.1) is 0 Å². The first kappa shape index (κ1) is 9.46. The van der Waals surface area contributed by atoms with Crippen LogP contribution in [-0.4, -0.2) is 24.6 Å². The molecule has 0 amide bonds. The molecule has 1 atom stereocenters. The maximum Gasteiger partial charge on any atom is 0.0393 e. The first-order valence-electron chi connectivity index (χ1n) is 5.22. The van der Waals surface area contributed by atoms with Crippen molar-refractivity contribution in [3.05, 3.63) is 24.0 Å².